The van der Waals surface area contributed by atoms with Gasteiger partial charge in [0.15, 0.2) is 11.9 Å². The molecule has 0 unspecified atom stereocenters. The number of carbonyl (C=O) groups is 3. The van der Waals surface area contributed by atoms with Gasteiger partial charge in [0, 0.05) is 23.5 Å². The van der Waals surface area contributed by atoms with Crippen LogP contribution in [-0.2, 0) is 20.8 Å². The fourth-order valence-corrected chi connectivity index (χ4v) is 4.32. The topological polar surface area (TPSA) is 107 Å². The highest BCUT2D eigenvalue weighted by Crippen LogP contribution is 2.21. The number of carbonyl (C=O) groups excluding carboxylic acids is 3. The van der Waals surface area contributed by atoms with Crippen LogP contribution in [0.15, 0.2) is 47.8 Å². The molecule has 1 aromatic heterocycles. The van der Waals surface area contributed by atoms with Gasteiger partial charge in [0.1, 0.15) is 12.1 Å². The molecule has 0 spiro atoms. The number of thiophene rings is 1. The van der Waals surface area contributed by atoms with Crippen molar-refractivity contribution in [3.8, 4) is 0 Å². The van der Waals surface area contributed by atoms with E-state index in [4.69, 9.17) is 0 Å². The maximum Gasteiger partial charge on any atom is 0.255 e. The van der Waals surface area contributed by atoms with Crippen LogP contribution in [0.1, 0.15) is 30.6 Å². The van der Waals surface area contributed by atoms with E-state index in [2.05, 4.69) is 5.32 Å². The van der Waals surface area contributed by atoms with Crippen molar-refractivity contribution in [2.75, 3.05) is 11.9 Å². The third-order valence-corrected chi connectivity index (χ3v) is 6.12. The fraction of sp³-hybridized carbons (Fsp3) is 0.409. The van der Waals surface area contributed by atoms with Crippen molar-refractivity contribution >= 4 is 34.6 Å². The third-order valence-electron chi connectivity index (χ3n) is 5.19. The summed E-state index contributed by atoms with van der Waals surface area (Å²) in [5, 5.41) is 25.2. The Morgan fingerprint density at radius 2 is 1.87 bits per heavy atom. The summed E-state index contributed by atoms with van der Waals surface area (Å²) in [5.74, 6) is -1.72. The van der Waals surface area contributed by atoms with E-state index in [1.54, 1.807) is 35.6 Å². The van der Waals surface area contributed by atoms with E-state index in [0.717, 1.165) is 4.88 Å². The summed E-state index contributed by atoms with van der Waals surface area (Å²) in [5.41, 5.74) is 0.614. The van der Waals surface area contributed by atoms with E-state index in [-0.39, 0.29) is 12.3 Å². The van der Waals surface area contributed by atoms with Crippen LogP contribution in [0.2, 0.25) is 0 Å². The summed E-state index contributed by atoms with van der Waals surface area (Å²) < 4.78 is 0. The number of amides is 2. The van der Waals surface area contributed by atoms with Gasteiger partial charge in [-0.3, -0.25) is 14.4 Å². The highest BCUT2D eigenvalue weighted by atomic mass is 32.1. The molecule has 3 N–H and O–H groups in total. The number of Topliss-reactive ketones (excluding diaryl/α,β-unsaturated/α-hetero) is 1. The Balaban J connectivity index is 1.53. The van der Waals surface area contributed by atoms with Crippen LogP contribution in [0.25, 0.3) is 0 Å². The van der Waals surface area contributed by atoms with Crippen LogP contribution in [0.3, 0.4) is 0 Å². The maximum atomic E-state index is 12.7. The first-order valence-corrected chi connectivity index (χ1v) is 10.9. The fourth-order valence-electron chi connectivity index (χ4n) is 3.57. The smallest absolute Gasteiger partial charge is 0.255 e. The van der Waals surface area contributed by atoms with E-state index in [1.807, 2.05) is 23.6 Å². The second kappa shape index (κ2) is 10.5. The molecule has 3 rings (SSSR count). The first-order valence-electron chi connectivity index (χ1n) is 10.0. The number of aliphatic hydroxyl groups excluding tert-OH is 2. The van der Waals surface area contributed by atoms with Crippen LogP contribution in [0.5, 0.6) is 0 Å². The Hall–Kier alpha value is -2.55. The molecule has 1 saturated heterocycles. The first-order chi connectivity index (χ1) is 14.5. The van der Waals surface area contributed by atoms with Crippen molar-refractivity contribution in [3.05, 3.63) is 52.7 Å². The second-order valence-corrected chi connectivity index (χ2v) is 8.37. The van der Waals surface area contributed by atoms with Gasteiger partial charge in [0.25, 0.3) is 5.91 Å². The Bertz CT molecular complexity index is 856. The van der Waals surface area contributed by atoms with Gasteiger partial charge < -0.3 is 20.4 Å². The zero-order valence-electron chi connectivity index (χ0n) is 16.6. The monoisotopic (exact) mass is 430 g/mol. The Labute approximate surface area is 179 Å². The number of aliphatic hydroxyl groups is 2. The van der Waals surface area contributed by atoms with Crippen LogP contribution in [0.4, 0.5) is 5.69 Å². The molecule has 2 amide bonds. The van der Waals surface area contributed by atoms with Crippen LogP contribution in [-0.4, -0.2) is 57.5 Å². The lowest BCUT2D eigenvalue weighted by Crippen LogP contribution is -2.51. The quantitative estimate of drug-likeness (QED) is 0.564. The molecule has 1 aromatic carbocycles. The molecule has 8 heteroatoms. The van der Waals surface area contributed by atoms with Crippen molar-refractivity contribution in [1.82, 2.24) is 4.90 Å². The van der Waals surface area contributed by atoms with E-state index in [1.165, 1.54) is 4.90 Å². The number of benzene rings is 1. The van der Waals surface area contributed by atoms with Gasteiger partial charge in [-0.25, -0.2) is 0 Å². The number of hydrogen-bond acceptors (Lipinski definition) is 6. The molecular formula is C22H26N2O5S. The Kier molecular flexibility index (Phi) is 7.73. The van der Waals surface area contributed by atoms with Gasteiger partial charge in [-0.2, -0.15) is 0 Å². The minimum absolute atomic E-state index is 0.0708. The lowest BCUT2D eigenvalue weighted by atomic mass is 10.0. The van der Waals surface area contributed by atoms with Crippen molar-refractivity contribution < 1.29 is 24.6 Å². The molecule has 2 heterocycles. The summed E-state index contributed by atoms with van der Waals surface area (Å²) in [6.45, 7) is 0.294. The largest absolute Gasteiger partial charge is 0.382 e. The lowest BCUT2D eigenvalue weighted by molar-refractivity contribution is -0.154. The van der Waals surface area contributed by atoms with Crippen molar-refractivity contribution in [1.29, 1.82) is 0 Å². The van der Waals surface area contributed by atoms with Gasteiger partial charge in [-0.05, 0) is 49.3 Å². The minimum atomic E-state index is -1.87. The normalized spacial score (nSPS) is 18.1. The van der Waals surface area contributed by atoms with Gasteiger partial charge >= 0.3 is 0 Å². The zero-order chi connectivity index (χ0) is 21.5. The number of aryl methyl sites for hydroxylation is 1. The van der Waals surface area contributed by atoms with Crippen molar-refractivity contribution in [2.24, 2.45) is 0 Å². The van der Waals surface area contributed by atoms with E-state index < -0.39 is 29.9 Å². The SMILES string of the molecule is O=C(CCCc1cccs1)[C@H](O)[C@@H](O)C(=O)N1CCC[C@H]1C(=O)Nc1ccccc1. The molecular weight excluding hydrogens is 404 g/mol. The molecule has 0 saturated carbocycles. The molecule has 0 radical (unpaired) electrons. The molecule has 30 heavy (non-hydrogen) atoms. The zero-order valence-corrected chi connectivity index (χ0v) is 17.4. The standard InChI is InChI=1S/C22H26N2O5S/c25-18(12-4-9-16-10-6-14-30-16)19(26)20(27)22(29)24-13-5-11-17(24)21(28)23-15-7-2-1-3-8-15/h1-3,6-8,10,14,17,19-20,26-27H,4-5,9,11-13H2,(H,23,28)/t17-,19-,20+/m0/s1. The number of anilines is 1. The predicted molar refractivity (Wildman–Crippen MR) is 114 cm³/mol. The van der Waals surface area contributed by atoms with Gasteiger partial charge in [0.05, 0.1) is 0 Å². The number of nitrogens with zero attached hydrogens (tertiary/aromatic N) is 1. The average Bonchev–Trinajstić information content (AvgIpc) is 3.45. The minimum Gasteiger partial charge on any atom is -0.382 e. The highest BCUT2D eigenvalue weighted by Gasteiger charge is 2.40. The van der Waals surface area contributed by atoms with E-state index in [9.17, 15) is 24.6 Å². The number of para-hydroxylation sites is 1. The number of ketones is 1. The number of nitrogens with one attached hydrogen (secondary N) is 1. The summed E-state index contributed by atoms with van der Waals surface area (Å²) >= 11 is 1.59. The Morgan fingerprint density at radius 3 is 2.57 bits per heavy atom. The molecule has 1 fully saturated rings. The number of hydrogen-bond donors (Lipinski definition) is 3. The molecule has 1 aliphatic rings. The molecule has 1 aliphatic heterocycles. The molecule has 0 bridgehead atoms. The highest BCUT2D eigenvalue weighted by molar-refractivity contribution is 7.09. The first kappa shape index (κ1) is 22.1. The number of rotatable bonds is 9. The van der Waals surface area contributed by atoms with Crippen LogP contribution in [0, 0.1) is 0 Å². The predicted octanol–water partition coefficient (Wildman–Crippen LogP) is 1.99. The van der Waals surface area contributed by atoms with E-state index >= 15 is 0 Å². The third kappa shape index (κ3) is 5.53. The van der Waals surface area contributed by atoms with Crippen LogP contribution >= 0.6 is 11.3 Å². The van der Waals surface area contributed by atoms with E-state index in [0.29, 0.717) is 37.9 Å². The lowest BCUT2D eigenvalue weighted by Gasteiger charge is -2.27. The molecule has 2 aromatic rings. The molecule has 160 valence electrons. The van der Waals surface area contributed by atoms with Gasteiger partial charge in [-0.1, -0.05) is 24.3 Å². The van der Waals surface area contributed by atoms with Crippen molar-refractivity contribution in [3.63, 3.8) is 0 Å². The molecule has 0 aliphatic carbocycles. The summed E-state index contributed by atoms with van der Waals surface area (Å²) in [7, 11) is 0. The van der Waals surface area contributed by atoms with Crippen LogP contribution < -0.4 is 5.32 Å². The van der Waals surface area contributed by atoms with Gasteiger partial charge in [0.2, 0.25) is 5.91 Å². The summed E-state index contributed by atoms with van der Waals surface area (Å²) in [6.07, 6.45) is -1.29. The summed E-state index contributed by atoms with van der Waals surface area (Å²) in [6, 6.07) is 12.1. The molecule has 3 atom stereocenters. The average molecular weight is 431 g/mol. The van der Waals surface area contributed by atoms with Gasteiger partial charge in [-0.15, -0.1) is 11.3 Å². The number of likely N-dealkylation sites (tertiary alicyclic amines) is 1. The maximum absolute atomic E-state index is 12.7. The molecule has 7 nitrogen and oxygen atoms in total. The van der Waals surface area contributed by atoms with Crippen molar-refractivity contribution in [2.45, 2.75) is 50.4 Å². The summed E-state index contributed by atoms with van der Waals surface area (Å²) in [4.78, 5) is 39.9. The second-order valence-electron chi connectivity index (χ2n) is 7.33. The Morgan fingerprint density at radius 1 is 1.10 bits per heavy atom.